The van der Waals surface area contributed by atoms with Gasteiger partial charge in [-0.2, -0.15) is 0 Å². The van der Waals surface area contributed by atoms with Crippen LogP contribution >= 0.6 is 0 Å². The van der Waals surface area contributed by atoms with Crippen molar-refractivity contribution in [3.05, 3.63) is 79.2 Å². The summed E-state index contributed by atoms with van der Waals surface area (Å²) in [5, 5.41) is 9.01. The van der Waals surface area contributed by atoms with Crippen LogP contribution in [-0.4, -0.2) is 51.1 Å². The second-order valence-corrected chi connectivity index (χ2v) is 10.3. The first-order valence-electron chi connectivity index (χ1n) is 13.7. The summed E-state index contributed by atoms with van der Waals surface area (Å²) in [6, 6.07) is 12.6. The van der Waals surface area contributed by atoms with Crippen molar-refractivity contribution >= 4 is 39.1 Å². The number of rotatable bonds is 8. The first kappa shape index (κ1) is 25.0. The van der Waals surface area contributed by atoms with Crippen LogP contribution in [0.4, 0.5) is 11.5 Å². The van der Waals surface area contributed by atoms with Gasteiger partial charge in [-0.05, 0) is 48.2 Å². The Labute approximate surface area is 228 Å². The zero-order valence-electron chi connectivity index (χ0n) is 22.5. The van der Waals surface area contributed by atoms with Crippen LogP contribution in [0.15, 0.2) is 67.9 Å². The Balaban J connectivity index is 1.29. The number of nitrogens with zero attached hydrogens (tertiary/aromatic N) is 5. The van der Waals surface area contributed by atoms with Crippen molar-refractivity contribution < 1.29 is 0 Å². The molecule has 1 unspecified atom stereocenters. The molecule has 1 fully saturated rings. The number of hydrogen-bond acceptors (Lipinski definition) is 7. The molecule has 0 aliphatic carbocycles. The van der Waals surface area contributed by atoms with Crippen molar-refractivity contribution in [2.75, 3.05) is 36.4 Å². The molecule has 8 nitrogen and oxygen atoms in total. The molecule has 0 radical (unpaired) electrons. The fourth-order valence-corrected chi connectivity index (χ4v) is 5.14. The van der Waals surface area contributed by atoms with Crippen LogP contribution < -0.4 is 15.5 Å². The number of anilines is 2. The van der Waals surface area contributed by atoms with Crippen molar-refractivity contribution in [3.63, 3.8) is 0 Å². The fraction of sp³-hybridized carbons (Fsp3) is 0.290. The summed E-state index contributed by atoms with van der Waals surface area (Å²) in [7, 11) is 0. The number of H-pyrrole nitrogens is 1. The molecule has 198 valence electrons. The van der Waals surface area contributed by atoms with Crippen molar-refractivity contribution in [3.8, 4) is 11.1 Å². The maximum Gasteiger partial charge on any atom is 0.138 e. The molecule has 8 heteroatoms. The van der Waals surface area contributed by atoms with Gasteiger partial charge in [-0.15, -0.1) is 0 Å². The summed E-state index contributed by atoms with van der Waals surface area (Å²) in [6.45, 7) is 12.6. The van der Waals surface area contributed by atoms with Gasteiger partial charge in [0.25, 0.3) is 0 Å². The highest BCUT2D eigenvalue weighted by atomic mass is 15.2. The van der Waals surface area contributed by atoms with Crippen LogP contribution in [0.1, 0.15) is 31.5 Å². The minimum atomic E-state index is 0.569. The second kappa shape index (κ2) is 10.8. The van der Waals surface area contributed by atoms with Crippen molar-refractivity contribution in [1.82, 2.24) is 30.2 Å². The molecule has 3 N–H and O–H groups in total. The Hall–Kier alpha value is -4.30. The lowest BCUT2D eigenvalue weighted by Gasteiger charge is -2.28. The minimum Gasteiger partial charge on any atom is -0.354 e. The minimum absolute atomic E-state index is 0.569. The quantitative estimate of drug-likeness (QED) is 0.244. The first-order chi connectivity index (χ1) is 19.1. The average Bonchev–Trinajstić information content (AvgIpc) is 3.41. The molecule has 0 bridgehead atoms. The SMILES string of the molecule is C=C(Nc1cnc2[nH]cc(-c3ccc4ncnc(CC(C)CC)c4c3)c2c1)c1ccnc(N2CCNCC2)c1. The third kappa shape index (κ3) is 5.20. The van der Waals surface area contributed by atoms with E-state index in [0.717, 1.165) is 101 Å². The third-order valence-electron chi connectivity index (χ3n) is 7.63. The first-order valence-corrected chi connectivity index (χ1v) is 13.7. The topological polar surface area (TPSA) is 94.7 Å². The monoisotopic (exact) mass is 518 g/mol. The molecular weight excluding hydrogens is 484 g/mol. The molecule has 1 atom stereocenters. The van der Waals surface area contributed by atoms with E-state index in [-0.39, 0.29) is 0 Å². The van der Waals surface area contributed by atoms with Crippen LogP contribution in [0.5, 0.6) is 0 Å². The van der Waals surface area contributed by atoms with E-state index in [1.54, 1.807) is 6.33 Å². The number of nitrogens with one attached hydrogen (secondary N) is 3. The Bertz CT molecular complexity index is 1630. The molecule has 4 aromatic heterocycles. The van der Waals surface area contributed by atoms with Gasteiger partial charge in [-0.3, -0.25) is 0 Å². The smallest absolute Gasteiger partial charge is 0.138 e. The molecule has 0 amide bonds. The Morgan fingerprint density at radius 1 is 1.05 bits per heavy atom. The van der Waals surface area contributed by atoms with Gasteiger partial charge in [0.2, 0.25) is 0 Å². The number of aromatic amines is 1. The van der Waals surface area contributed by atoms with E-state index < -0.39 is 0 Å². The Morgan fingerprint density at radius 3 is 2.77 bits per heavy atom. The summed E-state index contributed by atoms with van der Waals surface area (Å²) in [6.07, 6.45) is 9.45. The van der Waals surface area contributed by atoms with E-state index in [2.05, 4.69) is 91.2 Å². The molecule has 0 saturated carbocycles. The van der Waals surface area contributed by atoms with Gasteiger partial charge in [-0.25, -0.2) is 19.9 Å². The number of hydrogen-bond donors (Lipinski definition) is 3. The number of pyridine rings is 2. The van der Waals surface area contributed by atoms with Crippen LogP contribution in [0.2, 0.25) is 0 Å². The van der Waals surface area contributed by atoms with Gasteiger partial charge < -0.3 is 20.5 Å². The average molecular weight is 519 g/mol. The third-order valence-corrected chi connectivity index (χ3v) is 7.63. The summed E-state index contributed by atoms with van der Waals surface area (Å²) >= 11 is 0. The van der Waals surface area contributed by atoms with Gasteiger partial charge in [-0.1, -0.05) is 32.9 Å². The number of fused-ring (bicyclic) bond motifs is 2. The molecule has 6 rings (SSSR count). The summed E-state index contributed by atoms with van der Waals surface area (Å²) in [5.41, 5.74) is 7.83. The van der Waals surface area contributed by atoms with Gasteiger partial charge in [0.1, 0.15) is 17.8 Å². The van der Waals surface area contributed by atoms with Crippen LogP contribution in [-0.2, 0) is 6.42 Å². The van der Waals surface area contributed by atoms with Crippen LogP contribution in [0.25, 0.3) is 38.8 Å². The van der Waals surface area contributed by atoms with E-state index in [9.17, 15) is 0 Å². The maximum atomic E-state index is 4.68. The largest absolute Gasteiger partial charge is 0.354 e. The van der Waals surface area contributed by atoms with E-state index in [1.165, 1.54) is 0 Å². The molecule has 39 heavy (non-hydrogen) atoms. The van der Waals surface area contributed by atoms with Gasteiger partial charge in [0, 0.05) is 66.2 Å². The lowest BCUT2D eigenvalue weighted by molar-refractivity contribution is 0.554. The second-order valence-electron chi connectivity index (χ2n) is 10.3. The highest BCUT2D eigenvalue weighted by Crippen LogP contribution is 2.33. The standard InChI is InChI=1S/C31H34N8/c1-4-20(2)13-29-26-14-23(5-6-28(26)36-19-37-29)27-18-35-31-25(27)16-24(17-34-31)38-21(3)22-7-8-33-30(15-22)39-11-9-32-10-12-39/h5-8,14-20,32,38H,3-4,9-13H2,1-2H3,(H,34,35). The normalized spacial score (nSPS) is 14.6. The molecule has 1 saturated heterocycles. The molecule has 1 aliphatic rings. The molecule has 0 spiro atoms. The van der Waals surface area contributed by atoms with Crippen LogP contribution in [0.3, 0.4) is 0 Å². The predicted molar refractivity (Wildman–Crippen MR) is 160 cm³/mol. The highest BCUT2D eigenvalue weighted by molar-refractivity contribution is 5.98. The molecule has 5 aromatic rings. The zero-order chi connectivity index (χ0) is 26.8. The van der Waals surface area contributed by atoms with Crippen molar-refractivity contribution in [1.29, 1.82) is 0 Å². The number of piperazine rings is 1. The van der Waals surface area contributed by atoms with Gasteiger partial charge >= 0.3 is 0 Å². The van der Waals surface area contributed by atoms with E-state index in [0.29, 0.717) is 5.92 Å². The Kier molecular flexibility index (Phi) is 6.94. The van der Waals surface area contributed by atoms with E-state index in [4.69, 9.17) is 0 Å². The van der Waals surface area contributed by atoms with E-state index >= 15 is 0 Å². The lowest BCUT2D eigenvalue weighted by atomic mass is 9.97. The lowest BCUT2D eigenvalue weighted by Crippen LogP contribution is -2.43. The van der Waals surface area contributed by atoms with E-state index in [1.807, 2.05) is 24.7 Å². The van der Waals surface area contributed by atoms with Gasteiger partial charge in [0.05, 0.1) is 23.1 Å². The van der Waals surface area contributed by atoms with Gasteiger partial charge in [0.15, 0.2) is 0 Å². The number of aromatic nitrogens is 5. The van der Waals surface area contributed by atoms with Crippen molar-refractivity contribution in [2.24, 2.45) is 5.92 Å². The maximum absolute atomic E-state index is 4.68. The molecule has 5 heterocycles. The summed E-state index contributed by atoms with van der Waals surface area (Å²) < 4.78 is 0. The zero-order valence-corrected chi connectivity index (χ0v) is 22.5. The highest BCUT2D eigenvalue weighted by Gasteiger charge is 2.15. The number of benzene rings is 1. The molecular formula is C31H34N8. The molecule has 1 aromatic carbocycles. The fourth-order valence-electron chi connectivity index (χ4n) is 5.14. The summed E-state index contributed by atoms with van der Waals surface area (Å²) in [5.74, 6) is 1.55. The predicted octanol–water partition coefficient (Wildman–Crippen LogP) is 5.65. The molecule has 1 aliphatic heterocycles. The Morgan fingerprint density at radius 2 is 1.92 bits per heavy atom. The van der Waals surface area contributed by atoms with Crippen LogP contribution in [0, 0.1) is 5.92 Å². The summed E-state index contributed by atoms with van der Waals surface area (Å²) in [4.78, 5) is 24.0. The van der Waals surface area contributed by atoms with Crippen molar-refractivity contribution in [2.45, 2.75) is 26.7 Å².